The maximum Gasteiger partial charge on any atom is 0.236 e. The average Bonchev–Trinajstić information content (AvgIpc) is 1.73. The van der Waals surface area contributed by atoms with Crippen molar-refractivity contribution in [2.75, 3.05) is 103 Å². The number of hydrazine groups is 1. The number of benzene rings is 5. The third-order valence-corrected chi connectivity index (χ3v) is 15.6. The Kier molecular flexibility index (Phi) is 36.5. The molecule has 5 aromatic carbocycles. The minimum absolute atomic E-state index is 0. The van der Waals surface area contributed by atoms with Gasteiger partial charge in [0.25, 0.3) is 0 Å². The van der Waals surface area contributed by atoms with Crippen LogP contribution in [0.25, 0.3) is 54.5 Å². The summed E-state index contributed by atoms with van der Waals surface area (Å²) >= 11 is 3.51. The number of nitrogens with zero attached hydrogens (tertiary/aromatic N) is 10. The molecule has 24 nitrogen and oxygen atoms in total. The lowest BCUT2D eigenvalue weighted by Crippen LogP contribution is -2.26. The molecule has 0 unspecified atom stereocenters. The van der Waals surface area contributed by atoms with Crippen molar-refractivity contribution in [3.63, 3.8) is 0 Å². The van der Waals surface area contributed by atoms with Crippen LogP contribution in [0.1, 0.15) is 84.5 Å². The molecule has 11 aromatic rings. The van der Waals surface area contributed by atoms with Crippen LogP contribution in [0.4, 0.5) is 0 Å². The van der Waals surface area contributed by atoms with E-state index in [9.17, 15) is 19.2 Å². The van der Waals surface area contributed by atoms with Gasteiger partial charge in [0.2, 0.25) is 17.7 Å². The zero-order chi connectivity index (χ0) is 69.7. The number of nitrogens with two attached hydrogens (primary N) is 1. The summed E-state index contributed by atoms with van der Waals surface area (Å²) in [6, 6.07) is 30.8. The third-order valence-electron chi connectivity index (χ3n) is 15.1. The van der Waals surface area contributed by atoms with Crippen LogP contribution in [0.5, 0.6) is 0 Å². The van der Waals surface area contributed by atoms with E-state index in [0.29, 0.717) is 0 Å². The van der Waals surface area contributed by atoms with Crippen LogP contribution in [-0.4, -0.2) is 218 Å². The fourth-order valence-electron chi connectivity index (χ4n) is 9.95. The molecule has 0 saturated carbocycles. The Balaban J connectivity index is 0.000000415. The molecule has 0 atom stereocenters. The molecule has 0 fully saturated rings. The van der Waals surface area contributed by atoms with Crippen LogP contribution >= 0.6 is 15.9 Å². The van der Waals surface area contributed by atoms with Crippen molar-refractivity contribution < 1.29 is 26.1 Å². The smallest absolute Gasteiger partial charge is 0.236 e. The second kappa shape index (κ2) is 43.1. The standard InChI is InChI=1S/C15H19N5.2C15H20N4O.C13H16N2O.C12H15BrN2.C2H6N2O.CH4.B.H2O.H2/c1-19(2)6-5-13-8-17-15-4-3-12(7-14(13)15)9-20-11-16-10-18-20;2*1-11(20)18-17-9-12-4-5-15-14(8-12)13(10-16-15)6-7-19(2)3;1-15(2)6-5-11-8-14-13-4-3-10(9-16)7-12(11)13;1-15(2)6-5-9-8-14-12-4-3-10(13)7-11(9)12;1-2(5)4-3;;;;/h3-4,7-8,10-11,17H,5-6,9H2,1-2H3;2*4-5,8-10,16H,6-7H2,1-3H3,(H,18,20);3-4,7-9,14H,5-6H2,1-2H3;3-4,7-8,14H,5-6H2,1-2H3;3H2,1H3,(H,4,5);1H4;;1H2;1H/b;2*17-9+;;;;;;;/i;;;;;;;;;1+1. The summed E-state index contributed by atoms with van der Waals surface area (Å²) in [6.45, 7) is 10.2. The Bertz CT molecular complexity index is 4170. The monoisotopic (exact) mass is 1420 g/mol. The van der Waals surface area contributed by atoms with Crippen molar-refractivity contribution in [1.82, 2.24) is 80.5 Å². The number of nitrogens with one attached hydrogen (secondary N) is 8. The van der Waals surface area contributed by atoms with Gasteiger partial charge < -0.3 is 54.9 Å². The number of hydrazone groups is 2. The Morgan fingerprint density at radius 3 is 1.13 bits per heavy atom. The van der Waals surface area contributed by atoms with Crippen molar-refractivity contribution in [2.45, 2.75) is 66.8 Å². The van der Waals surface area contributed by atoms with E-state index in [1.54, 1.807) is 25.1 Å². The maximum absolute atomic E-state index is 10.8. The number of hydrogen-bond donors (Lipinski definition) is 9. The Labute approximate surface area is 594 Å². The van der Waals surface area contributed by atoms with Gasteiger partial charge in [-0.15, -0.1) is 0 Å². The van der Waals surface area contributed by atoms with Gasteiger partial charge >= 0.3 is 0 Å². The molecule has 0 aliphatic heterocycles. The van der Waals surface area contributed by atoms with Crippen molar-refractivity contribution >= 4 is 115 Å². The molecular formula is C73H104BBrN19O5. The largest absolute Gasteiger partial charge is 0.412 e. The van der Waals surface area contributed by atoms with E-state index in [1.807, 2.05) is 58.8 Å². The van der Waals surface area contributed by atoms with Gasteiger partial charge in [-0.05, 0) is 220 Å². The Morgan fingerprint density at radius 2 is 0.818 bits per heavy atom. The molecule has 0 aliphatic carbocycles. The summed E-state index contributed by atoms with van der Waals surface area (Å²) in [4.78, 5) is 73.2. The van der Waals surface area contributed by atoms with Gasteiger partial charge in [-0.25, -0.2) is 26.4 Å². The fraction of sp³-hybridized carbons (Fsp3) is 0.342. The second-order valence-corrected chi connectivity index (χ2v) is 25.5. The van der Waals surface area contributed by atoms with E-state index in [4.69, 9.17) is 0 Å². The lowest BCUT2D eigenvalue weighted by atomic mass is 10.1. The lowest BCUT2D eigenvalue weighted by molar-refractivity contribution is -0.119. The number of aromatic amines is 5. The number of carbonyl (C=O) groups excluding carboxylic acids is 4. The number of rotatable bonds is 22. The van der Waals surface area contributed by atoms with E-state index in [1.165, 1.54) is 86.7 Å². The lowest BCUT2D eigenvalue weighted by Gasteiger charge is -2.08. The summed E-state index contributed by atoms with van der Waals surface area (Å²) in [5.41, 5.74) is 23.0. The molecule has 531 valence electrons. The first-order valence-corrected chi connectivity index (χ1v) is 32.5. The van der Waals surface area contributed by atoms with Crippen LogP contribution in [-0.2, 0) is 53.0 Å². The van der Waals surface area contributed by atoms with Crippen LogP contribution in [0.3, 0.4) is 0 Å². The van der Waals surface area contributed by atoms with Crippen molar-refractivity contribution in [3.05, 3.63) is 189 Å². The minimum Gasteiger partial charge on any atom is -0.412 e. The van der Waals surface area contributed by atoms with Crippen LogP contribution in [0, 0.1) is 0 Å². The average molecular weight is 1420 g/mol. The zero-order valence-electron chi connectivity index (χ0n) is 58.8. The molecule has 0 aliphatic rings. The fourth-order valence-corrected chi connectivity index (χ4v) is 10.3. The number of aldehydes is 1. The number of likely N-dealkylation sites (N-methyl/N-ethyl adjacent to an activating group) is 5. The predicted molar refractivity (Wildman–Crippen MR) is 414 cm³/mol. The van der Waals surface area contributed by atoms with Gasteiger partial charge in [0.15, 0.2) is 0 Å². The first kappa shape index (κ1) is 83.9. The van der Waals surface area contributed by atoms with E-state index in [-0.39, 0.29) is 40.5 Å². The maximum atomic E-state index is 10.8. The van der Waals surface area contributed by atoms with E-state index in [2.05, 4.69) is 246 Å². The predicted octanol–water partition coefficient (Wildman–Crippen LogP) is 9.19. The van der Waals surface area contributed by atoms with E-state index >= 15 is 0 Å². The molecule has 6 aromatic heterocycles. The molecule has 6 heterocycles. The quantitative estimate of drug-likeness (QED) is 0.00766. The summed E-state index contributed by atoms with van der Waals surface area (Å²) in [7, 11) is 20.8. The van der Waals surface area contributed by atoms with Gasteiger partial charge in [-0.3, -0.25) is 24.6 Å². The number of fused-ring (bicyclic) bond motifs is 5. The normalized spacial score (nSPS) is 10.9. The van der Waals surface area contributed by atoms with Crippen molar-refractivity contribution in [2.24, 2.45) is 16.0 Å². The van der Waals surface area contributed by atoms with Crippen LogP contribution < -0.4 is 22.1 Å². The highest BCUT2D eigenvalue weighted by molar-refractivity contribution is 9.10. The first-order valence-electron chi connectivity index (χ1n) is 31.7. The molecule has 0 saturated heterocycles. The highest BCUT2D eigenvalue weighted by Crippen LogP contribution is 2.26. The molecule has 11 rings (SSSR count). The van der Waals surface area contributed by atoms with E-state index < -0.39 is 0 Å². The van der Waals surface area contributed by atoms with Gasteiger partial charge in [-0.1, -0.05) is 41.6 Å². The number of H-pyrrole nitrogens is 5. The summed E-state index contributed by atoms with van der Waals surface area (Å²) in [5, 5.41) is 18.1. The molecule has 12 N–H and O–H groups in total. The molecule has 3 amide bonds. The number of hydrogen-bond acceptors (Lipinski definition) is 14. The van der Waals surface area contributed by atoms with Crippen LogP contribution in [0.2, 0.25) is 0 Å². The molecule has 99 heavy (non-hydrogen) atoms. The Hall–Kier alpha value is -9.38. The van der Waals surface area contributed by atoms with Gasteiger partial charge in [0.05, 0.1) is 19.0 Å². The number of carbonyl (C=O) groups is 4. The molecule has 0 spiro atoms. The SMILES string of the molecule is C.CC(=O)N/N=C/c1ccc2[nH]cc(CCN(C)C)c2c1.CC(=O)N/N=C/c1ccc2[nH]cc(CCN(C)C)c2c1.CC(=O)NN.CN(C)CCc1c[nH]c2ccc(Br)cc12.CN(C)CCc1c[nH]c2ccc(C=O)cc12.CN(C)CCc1c[nH]c2ccc(Cn3cncn3)cc12.O.[2HH].[B]. The van der Waals surface area contributed by atoms with Gasteiger partial charge in [-0.2, -0.15) is 15.3 Å². The van der Waals surface area contributed by atoms with Gasteiger partial charge in [0.1, 0.15) is 18.9 Å². The molecule has 3 radical (unpaired) electrons. The first-order chi connectivity index (χ1) is 46.0. The Morgan fingerprint density at radius 1 is 0.505 bits per heavy atom. The summed E-state index contributed by atoms with van der Waals surface area (Å²) in [5.74, 6) is 4.01. The topological polar surface area (TPSA) is 312 Å². The van der Waals surface area contributed by atoms with Crippen LogP contribution in [0.15, 0.2) is 149 Å². The highest BCUT2D eigenvalue weighted by Gasteiger charge is 2.11. The molecule has 0 bridgehead atoms. The number of aromatic nitrogens is 8. The summed E-state index contributed by atoms with van der Waals surface area (Å²) in [6.07, 6.45) is 23.0. The number of amides is 3. The second-order valence-electron chi connectivity index (χ2n) is 24.6. The summed E-state index contributed by atoms with van der Waals surface area (Å²) < 4.78 is 2.98. The minimum atomic E-state index is -0.218. The van der Waals surface area contributed by atoms with E-state index in [0.717, 1.165) is 121 Å². The molecular weight excluding hydrogens is 1310 g/mol. The number of halogens is 1. The zero-order valence-corrected chi connectivity index (χ0v) is 60.4. The third kappa shape index (κ3) is 28.5. The van der Waals surface area contributed by atoms with Gasteiger partial charge in [0, 0.05) is 159 Å². The van der Waals surface area contributed by atoms with Crippen molar-refractivity contribution in [1.29, 1.82) is 0 Å². The van der Waals surface area contributed by atoms with Crippen molar-refractivity contribution in [3.8, 4) is 0 Å². The molecule has 26 heteroatoms. The highest BCUT2D eigenvalue weighted by atomic mass is 79.9.